The fraction of sp³-hybridized carbons (Fsp3) is 0.588. The van der Waals surface area contributed by atoms with Gasteiger partial charge in [0.05, 0.1) is 42.0 Å². The number of benzene rings is 1. The maximum Gasteiger partial charge on any atom is 0.243 e. The molecular formula is C17H26ClN3O5S2. The normalized spacial score (nSPS) is 15.4. The first-order valence-corrected chi connectivity index (χ1v) is 11.0. The molecule has 0 spiro atoms. The van der Waals surface area contributed by atoms with Crippen LogP contribution in [0.3, 0.4) is 0 Å². The van der Waals surface area contributed by atoms with Crippen molar-refractivity contribution < 1.29 is 22.6 Å². The lowest BCUT2D eigenvalue weighted by molar-refractivity contribution is 0.0730. The molecule has 0 saturated carbocycles. The number of nitrogens with one attached hydrogen (secondary N) is 1. The number of rotatable bonds is 9. The van der Waals surface area contributed by atoms with Gasteiger partial charge in [0.15, 0.2) is 5.11 Å². The van der Waals surface area contributed by atoms with Crippen molar-refractivity contribution in [3.05, 3.63) is 23.2 Å². The third-order valence-electron chi connectivity index (χ3n) is 4.21. The molecule has 0 bridgehead atoms. The Labute approximate surface area is 176 Å². The van der Waals surface area contributed by atoms with Crippen LogP contribution in [0.2, 0.25) is 5.02 Å². The Bertz CT molecular complexity index is 749. The van der Waals surface area contributed by atoms with Crippen molar-refractivity contribution in [3.63, 3.8) is 0 Å². The summed E-state index contributed by atoms with van der Waals surface area (Å²) in [6.45, 7) is 3.54. The standard InChI is InChI=1S/C17H26ClN3O5S2/c1-24-9-5-20(6-10-25-2)17(27)19-16-13-14(3-4-15(16)18)28(22,23)21-7-11-26-12-8-21/h3-4,13H,5-12H2,1-2H3,(H,19,27). The Morgan fingerprint density at radius 2 is 1.86 bits per heavy atom. The molecule has 0 unspecified atom stereocenters. The summed E-state index contributed by atoms with van der Waals surface area (Å²) in [5.74, 6) is 0. The summed E-state index contributed by atoms with van der Waals surface area (Å²) < 4.78 is 42.6. The third kappa shape index (κ3) is 6.24. The van der Waals surface area contributed by atoms with Gasteiger partial charge in [-0.1, -0.05) is 11.6 Å². The Hall–Kier alpha value is -1.01. The first-order chi connectivity index (χ1) is 13.4. The second-order valence-corrected chi connectivity index (χ2v) is 8.79. The lowest BCUT2D eigenvalue weighted by Gasteiger charge is -2.27. The SMILES string of the molecule is COCCN(CCOC)C(=S)Nc1cc(S(=O)(=O)N2CCOCC2)ccc1Cl. The van der Waals surface area contributed by atoms with Gasteiger partial charge in [0.25, 0.3) is 0 Å². The zero-order valence-corrected chi connectivity index (χ0v) is 18.4. The monoisotopic (exact) mass is 451 g/mol. The number of hydrogen-bond donors (Lipinski definition) is 1. The van der Waals surface area contributed by atoms with E-state index >= 15 is 0 Å². The molecule has 11 heteroatoms. The summed E-state index contributed by atoms with van der Waals surface area (Å²) in [4.78, 5) is 2.03. The quantitative estimate of drug-likeness (QED) is 0.568. The van der Waals surface area contributed by atoms with Crippen LogP contribution in [0.25, 0.3) is 0 Å². The number of morpholine rings is 1. The molecule has 0 amide bonds. The molecule has 28 heavy (non-hydrogen) atoms. The lowest BCUT2D eigenvalue weighted by atomic mass is 10.3. The largest absolute Gasteiger partial charge is 0.383 e. The van der Waals surface area contributed by atoms with Gasteiger partial charge in [-0.15, -0.1) is 0 Å². The number of methoxy groups -OCH3 is 2. The van der Waals surface area contributed by atoms with Crippen LogP contribution in [-0.4, -0.2) is 89.6 Å². The van der Waals surface area contributed by atoms with Crippen molar-refractivity contribution in [2.45, 2.75) is 4.90 Å². The zero-order chi connectivity index (χ0) is 20.6. The summed E-state index contributed by atoms with van der Waals surface area (Å²) in [6, 6.07) is 4.55. The van der Waals surface area contributed by atoms with Crippen LogP contribution in [0, 0.1) is 0 Å². The third-order valence-corrected chi connectivity index (χ3v) is 6.79. The smallest absolute Gasteiger partial charge is 0.243 e. The minimum absolute atomic E-state index is 0.157. The average molecular weight is 452 g/mol. The summed E-state index contributed by atoms with van der Waals surface area (Å²) in [6.07, 6.45) is 0. The Morgan fingerprint density at radius 3 is 2.43 bits per heavy atom. The molecule has 0 radical (unpaired) electrons. The van der Waals surface area contributed by atoms with E-state index in [0.717, 1.165) is 0 Å². The fourth-order valence-electron chi connectivity index (χ4n) is 2.61. The molecule has 0 atom stereocenters. The second-order valence-electron chi connectivity index (χ2n) is 6.06. The molecule has 1 aliphatic rings. The highest BCUT2D eigenvalue weighted by Gasteiger charge is 2.27. The van der Waals surface area contributed by atoms with E-state index in [1.807, 2.05) is 4.90 Å². The molecule has 1 heterocycles. The summed E-state index contributed by atoms with van der Waals surface area (Å²) >= 11 is 11.7. The maximum absolute atomic E-state index is 12.9. The Morgan fingerprint density at radius 1 is 1.25 bits per heavy atom. The van der Waals surface area contributed by atoms with E-state index in [0.29, 0.717) is 68.4 Å². The second kappa shape index (κ2) is 11.2. The minimum atomic E-state index is -3.63. The lowest BCUT2D eigenvalue weighted by Crippen LogP contribution is -2.40. The van der Waals surface area contributed by atoms with E-state index in [4.69, 9.17) is 38.0 Å². The van der Waals surface area contributed by atoms with Crippen LogP contribution in [0.1, 0.15) is 0 Å². The maximum atomic E-state index is 12.9. The highest BCUT2D eigenvalue weighted by atomic mass is 35.5. The Kier molecular flexibility index (Phi) is 9.35. The van der Waals surface area contributed by atoms with Gasteiger partial charge in [-0.2, -0.15) is 4.31 Å². The predicted molar refractivity (Wildman–Crippen MR) is 113 cm³/mol. The average Bonchev–Trinajstić information content (AvgIpc) is 2.70. The van der Waals surface area contributed by atoms with Crippen LogP contribution in [0.4, 0.5) is 5.69 Å². The summed E-state index contributed by atoms with van der Waals surface area (Å²) in [7, 11) is -0.402. The molecule has 1 aromatic rings. The Balaban J connectivity index is 2.18. The van der Waals surface area contributed by atoms with Crippen LogP contribution < -0.4 is 5.32 Å². The van der Waals surface area contributed by atoms with E-state index in [9.17, 15) is 8.42 Å². The number of hydrogen-bond acceptors (Lipinski definition) is 6. The molecule has 1 aliphatic heterocycles. The number of halogens is 1. The van der Waals surface area contributed by atoms with Crippen LogP contribution in [0.15, 0.2) is 23.1 Å². The van der Waals surface area contributed by atoms with Gasteiger partial charge in [0.1, 0.15) is 0 Å². The number of ether oxygens (including phenoxy) is 3. The zero-order valence-electron chi connectivity index (χ0n) is 16.0. The highest BCUT2D eigenvalue weighted by Crippen LogP contribution is 2.27. The fourth-order valence-corrected chi connectivity index (χ4v) is 4.50. The minimum Gasteiger partial charge on any atom is -0.383 e. The van der Waals surface area contributed by atoms with Crippen molar-refractivity contribution in [2.24, 2.45) is 0 Å². The van der Waals surface area contributed by atoms with Crippen LogP contribution in [0.5, 0.6) is 0 Å². The van der Waals surface area contributed by atoms with Crippen LogP contribution in [-0.2, 0) is 24.2 Å². The van der Waals surface area contributed by atoms with Gasteiger partial charge in [-0.25, -0.2) is 8.42 Å². The highest BCUT2D eigenvalue weighted by molar-refractivity contribution is 7.89. The van der Waals surface area contributed by atoms with Crippen LogP contribution >= 0.6 is 23.8 Å². The number of anilines is 1. The van der Waals surface area contributed by atoms with E-state index in [1.165, 1.54) is 16.4 Å². The molecule has 1 N–H and O–H groups in total. The number of thiocarbonyl (C=S) groups is 1. The van der Waals surface area contributed by atoms with Gasteiger partial charge in [-0.05, 0) is 30.4 Å². The summed E-state index contributed by atoms with van der Waals surface area (Å²) in [5, 5.41) is 3.84. The first-order valence-electron chi connectivity index (χ1n) is 8.81. The topological polar surface area (TPSA) is 80.3 Å². The number of nitrogens with zero attached hydrogens (tertiary/aromatic N) is 2. The molecular weight excluding hydrogens is 426 g/mol. The van der Waals surface area contributed by atoms with Gasteiger partial charge < -0.3 is 24.4 Å². The predicted octanol–water partition coefficient (Wildman–Crippen LogP) is 1.65. The van der Waals surface area contributed by atoms with Crippen molar-refractivity contribution in [1.82, 2.24) is 9.21 Å². The molecule has 1 aromatic carbocycles. The van der Waals surface area contributed by atoms with E-state index < -0.39 is 10.0 Å². The molecule has 8 nitrogen and oxygen atoms in total. The molecule has 158 valence electrons. The van der Waals surface area contributed by atoms with Gasteiger partial charge in [0, 0.05) is 40.4 Å². The molecule has 1 saturated heterocycles. The molecule has 0 aliphatic carbocycles. The van der Waals surface area contributed by atoms with E-state index in [-0.39, 0.29) is 4.90 Å². The van der Waals surface area contributed by atoms with Crippen molar-refractivity contribution in [3.8, 4) is 0 Å². The molecule has 2 rings (SSSR count). The molecule has 0 aromatic heterocycles. The van der Waals surface area contributed by atoms with E-state index in [2.05, 4.69) is 5.32 Å². The molecule has 1 fully saturated rings. The van der Waals surface area contributed by atoms with Crippen molar-refractivity contribution in [1.29, 1.82) is 0 Å². The number of sulfonamides is 1. The van der Waals surface area contributed by atoms with Crippen molar-refractivity contribution >= 4 is 44.6 Å². The van der Waals surface area contributed by atoms with Gasteiger partial charge in [0.2, 0.25) is 10.0 Å². The van der Waals surface area contributed by atoms with E-state index in [1.54, 1.807) is 20.3 Å². The van der Waals surface area contributed by atoms with Gasteiger partial charge >= 0.3 is 0 Å². The summed E-state index contributed by atoms with van der Waals surface area (Å²) in [5.41, 5.74) is 0.431. The first kappa shape index (κ1) is 23.3. The van der Waals surface area contributed by atoms with Gasteiger partial charge in [-0.3, -0.25) is 0 Å². The van der Waals surface area contributed by atoms with Crippen molar-refractivity contribution in [2.75, 3.05) is 72.1 Å².